The van der Waals surface area contributed by atoms with E-state index in [9.17, 15) is 31.1 Å². The molecule has 1 amide bonds. The van der Waals surface area contributed by atoms with E-state index in [1.54, 1.807) is 0 Å². The fourth-order valence-corrected chi connectivity index (χ4v) is 3.56. The number of nitrogens with one attached hydrogen (secondary N) is 3. The lowest BCUT2D eigenvalue weighted by atomic mass is 9.96. The van der Waals surface area contributed by atoms with Crippen molar-refractivity contribution in [3.63, 3.8) is 0 Å². The lowest BCUT2D eigenvalue weighted by Gasteiger charge is -2.18. The van der Waals surface area contributed by atoms with E-state index in [2.05, 4.69) is 23.1 Å². The van der Waals surface area contributed by atoms with Gasteiger partial charge in [-0.05, 0) is 54.0 Å². The fraction of sp³-hybridized carbons (Fsp3) is 0.238. The van der Waals surface area contributed by atoms with E-state index in [4.69, 9.17) is 34.8 Å². The zero-order valence-electron chi connectivity index (χ0n) is 17.5. The van der Waals surface area contributed by atoms with Crippen LogP contribution in [0.5, 0.6) is 0 Å². The highest BCUT2D eigenvalue weighted by Crippen LogP contribution is 2.41. The summed E-state index contributed by atoms with van der Waals surface area (Å²) in [5.74, 6) is -2.75. The minimum Gasteiger partial charge on any atom is -0.352 e. The van der Waals surface area contributed by atoms with Gasteiger partial charge in [0, 0.05) is 5.56 Å². The van der Waals surface area contributed by atoms with Crippen molar-refractivity contribution in [2.24, 2.45) is 0 Å². The third-order valence-corrected chi connectivity index (χ3v) is 5.88. The van der Waals surface area contributed by atoms with Gasteiger partial charge in [-0.2, -0.15) is 26.3 Å². The van der Waals surface area contributed by atoms with E-state index < -0.39 is 35.8 Å². The van der Waals surface area contributed by atoms with Crippen molar-refractivity contribution in [1.29, 1.82) is 0 Å². The molecule has 0 saturated carbocycles. The van der Waals surface area contributed by atoms with Crippen LogP contribution >= 0.6 is 47.0 Å². The van der Waals surface area contributed by atoms with Gasteiger partial charge in [0.2, 0.25) is 0 Å². The molecule has 0 aliphatic carbocycles. The molecule has 3 N–H and O–H groups in total. The van der Waals surface area contributed by atoms with Crippen LogP contribution in [0.4, 0.5) is 26.3 Å². The molecule has 4 nitrogen and oxygen atoms in total. The number of hydrogen-bond donors (Lipinski definition) is 3. The highest BCUT2D eigenvalue weighted by Gasteiger charge is 2.39. The van der Waals surface area contributed by atoms with Gasteiger partial charge in [0.25, 0.3) is 5.91 Å². The van der Waals surface area contributed by atoms with E-state index in [1.807, 2.05) is 5.32 Å². The summed E-state index contributed by atoms with van der Waals surface area (Å²) in [6.07, 6.45) is -7.02. The summed E-state index contributed by atoms with van der Waals surface area (Å²) < 4.78 is 77.6. The summed E-state index contributed by atoms with van der Waals surface area (Å²) in [5, 5.41) is 1.12. The molecule has 1 unspecified atom stereocenters. The van der Waals surface area contributed by atoms with E-state index in [0.717, 1.165) is 18.2 Å². The molecule has 0 bridgehead atoms. The molecule has 0 radical (unpaired) electrons. The number of aryl methyl sites for hydroxylation is 1. The summed E-state index contributed by atoms with van der Waals surface area (Å²) in [6.45, 7) is 0.147. The number of thiocarbonyl (C=S) groups is 1. The number of halogens is 9. The highest BCUT2D eigenvalue weighted by molar-refractivity contribution is 7.80. The first-order valence-corrected chi connectivity index (χ1v) is 11.0. The number of amides is 1. The Balaban J connectivity index is 2.15. The van der Waals surface area contributed by atoms with Crippen LogP contribution in [0.2, 0.25) is 15.1 Å². The Morgan fingerprint density at radius 2 is 1.63 bits per heavy atom. The van der Waals surface area contributed by atoms with Crippen LogP contribution in [0.25, 0.3) is 6.08 Å². The Labute approximate surface area is 216 Å². The van der Waals surface area contributed by atoms with Crippen molar-refractivity contribution in [2.45, 2.75) is 25.2 Å². The van der Waals surface area contributed by atoms with Crippen LogP contribution in [0.3, 0.4) is 0 Å². The van der Waals surface area contributed by atoms with E-state index in [1.165, 1.54) is 31.2 Å². The lowest BCUT2D eigenvalue weighted by Crippen LogP contribution is -2.48. The van der Waals surface area contributed by atoms with Crippen LogP contribution in [0.15, 0.2) is 36.4 Å². The average Bonchev–Trinajstić information content (AvgIpc) is 2.73. The minimum atomic E-state index is -4.66. The summed E-state index contributed by atoms with van der Waals surface area (Å²) in [5.41, 5.74) is 4.94. The zero-order chi connectivity index (χ0) is 26.6. The first-order chi connectivity index (χ1) is 16.1. The Kier molecular flexibility index (Phi) is 9.69. The molecule has 0 fully saturated rings. The average molecular weight is 579 g/mol. The quantitative estimate of drug-likeness (QED) is 0.155. The van der Waals surface area contributed by atoms with Gasteiger partial charge in [-0.3, -0.25) is 15.6 Å². The maximum absolute atomic E-state index is 13.7. The molecule has 0 heterocycles. The molecule has 2 aromatic rings. The Morgan fingerprint density at radius 1 is 1.03 bits per heavy atom. The van der Waals surface area contributed by atoms with Gasteiger partial charge in [0.05, 0.1) is 21.0 Å². The molecule has 0 saturated heterocycles. The molecule has 0 aliphatic heterocycles. The van der Waals surface area contributed by atoms with E-state index in [-0.39, 0.29) is 26.2 Å². The second kappa shape index (κ2) is 11.7. The van der Waals surface area contributed by atoms with Crippen molar-refractivity contribution in [3.8, 4) is 0 Å². The number of hydrazine groups is 1. The summed E-state index contributed by atoms with van der Waals surface area (Å²) in [4.78, 5) is 12.3. The van der Waals surface area contributed by atoms with Crippen LogP contribution in [-0.4, -0.2) is 29.9 Å². The standard InChI is InChI=1S/C21H16Cl3F6N3OS/c1-10-6-11(2-4-13(10)18(34)32-33-19(35)31-9-20(25,26)27)3-5-14(21(28,29)30)12-7-15(22)17(24)16(23)8-12/h2-8,14H,9H2,1H3,(H,32,34)(H2,31,33,35). The van der Waals surface area contributed by atoms with Crippen LogP contribution in [-0.2, 0) is 0 Å². The van der Waals surface area contributed by atoms with Crippen molar-refractivity contribution in [1.82, 2.24) is 16.2 Å². The van der Waals surface area contributed by atoms with Gasteiger partial charge >= 0.3 is 12.4 Å². The summed E-state index contributed by atoms with van der Waals surface area (Å²) in [6, 6.07) is 6.36. The van der Waals surface area contributed by atoms with Crippen LogP contribution in [0, 0.1) is 6.92 Å². The summed E-state index contributed by atoms with van der Waals surface area (Å²) >= 11 is 22.2. The Hall–Kier alpha value is -2.21. The third kappa shape index (κ3) is 8.75. The van der Waals surface area contributed by atoms with Crippen LogP contribution in [0.1, 0.15) is 33.0 Å². The van der Waals surface area contributed by atoms with Gasteiger partial charge in [0.15, 0.2) is 5.11 Å². The normalized spacial score (nSPS) is 13.0. The zero-order valence-corrected chi connectivity index (χ0v) is 20.6. The van der Waals surface area contributed by atoms with Gasteiger partial charge in [-0.15, -0.1) is 0 Å². The van der Waals surface area contributed by atoms with E-state index in [0.29, 0.717) is 11.1 Å². The number of benzene rings is 2. The predicted octanol–water partition coefficient (Wildman–Crippen LogP) is 6.99. The number of carbonyl (C=O) groups is 1. The highest BCUT2D eigenvalue weighted by atomic mass is 35.5. The first kappa shape index (κ1) is 29.0. The fourth-order valence-electron chi connectivity index (χ4n) is 2.82. The van der Waals surface area contributed by atoms with Crippen molar-refractivity contribution >= 4 is 64.1 Å². The molecule has 35 heavy (non-hydrogen) atoms. The number of hydrogen-bond acceptors (Lipinski definition) is 2. The first-order valence-electron chi connectivity index (χ1n) is 9.49. The Bertz CT molecular complexity index is 1120. The summed E-state index contributed by atoms with van der Waals surface area (Å²) in [7, 11) is 0. The van der Waals surface area contributed by atoms with Crippen molar-refractivity contribution < 1.29 is 31.1 Å². The molecule has 2 rings (SSSR count). The minimum absolute atomic E-state index is 0.0575. The molecule has 2 aromatic carbocycles. The van der Waals surface area contributed by atoms with Crippen LogP contribution < -0.4 is 16.2 Å². The third-order valence-electron chi connectivity index (χ3n) is 4.43. The molecule has 0 spiro atoms. The molecule has 14 heteroatoms. The van der Waals surface area contributed by atoms with Gasteiger partial charge in [-0.1, -0.05) is 59.1 Å². The second-order valence-electron chi connectivity index (χ2n) is 7.13. The topological polar surface area (TPSA) is 53.2 Å². The molecule has 1 atom stereocenters. The molecular weight excluding hydrogens is 563 g/mol. The number of rotatable bonds is 5. The molecular formula is C21H16Cl3F6N3OS. The van der Waals surface area contributed by atoms with Crippen molar-refractivity contribution in [2.75, 3.05) is 6.54 Å². The Morgan fingerprint density at radius 3 is 2.14 bits per heavy atom. The van der Waals surface area contributed by atoms with Gasteiger partial charge in [0.1, 0.15) is 6.54 Å². The maximum Gasteiger partial charge on any atom is 0.405 e. The van der Waals surface area contributed by atoms with Gasteiger partial charge in [-0.25, -0.2) is 0 Å². The second-order valence-corrected chi connectivity index (χ2v) is 8.73. The van der Waals surface area contributed by atoms with E-state index >= 15 is 0 Å². The molecule has 0 aromatic heterocycles. The number of carbonyl (C=O) groups excluding carboxylic acids is 1. The smallest absolute Gasteiger partial charge is 0.352 e. The number of alkyl halides is 6. The SMILES string of the molecule is Cc1cc(C=CC(c2cc(Cl)c(Cl)c(Cl)c2)C(F)(F)F)ccc1C(=O)NNC(=S)NCC(F)(F)F. The lowest BCUT2D eigenvalue weighted by molar-refractivity contribution is -0.139. The maximum atomic E-state index is 13.7. The monoisotopic (exact) mass is 577 g/mol. The van der Waals surface area contributed by atoms with Gasteiger partial charge < -0.3 is 5.32 Å². The molecule has 190 valence electrons. The van der Waals surface area contributed by atoms with Crippen molar-refractivity contribution in [3.05, 3.63) is 73.7 Å². The molecule has 0 aliphatic rings. The largest absolute Gasteiger partial charge is 0.405 e. The number of allylic oxidation sites excluding steroid dienone is 1. The predicted molar refractivity (Wildman–Crippen MR) is 128 cm³/mol.